The molecule has 0 aliphatic carbocycles. The third-order valence-electron chi connectivity index (χ3n) is 4.08. The fourth-order valence-corrected chi connectivity index (χ4v) is 2.87. The average molecular weight is 373 g/mol. The van der Waals surface area contributed by atoms with Crippen LogP contribution in [-0.2, 0) is 4.79 Å². The molecule has 1 N–H and O–H groups in total. The number of benzene rings is 1. The maximum Gasteiger partial charge on any atom is 0.319 e. The number of halogens is 2. The molecule has 0 bridgehead atoms. The van der Waals surface area contributed by atoms with E-state index in [9.17, 15) is 9.59 Å². The topological polar surface area (TPSA) is 55.9 Å². The lowest BCUT2D eigenvalue weighted by Crippen LogP contribution is -2.55. The van der Waals surface area contributed by atoms with Crippen molar-refractivity contribution in [3.05, 3.63) is 28.2 Å². The van der Waals surface area contributed by atoms with Gasteiger partial charge in [0, 0.05) is 46.0 Å². The Labute approximate surface area is 152 Å². The van der Waals surface area contributed by atoms with E-state index < -0.39 is 0 Å². The molecular weight excluding hydrogens is 351 g/mol. The van der Waals surface area contributed by atoms with E-state index in [2.05, 4.69) is 10.2 Å². The summed E-state index contributed by atoms with van der Waals surface area (Å²) in [5.41, 5.74) is 0.614. The third-order valence-corrected chi connectivity index (χ3v) is 4.82. The lowest BCUT2D eigenvalue weighted by molar-refractivity contribution is -0.121. The Hall–Kier alpha value is -1.50. The molecular formula is C16H22Cl2N4O2. The maximum atomic E-state index is 12.4. The maximum absolute atomic E-state index is 12.4. The van der Waals surface area contributed by atoms with Gasteiger partial charge >= 0.3 is 6.03 Å². The SMILES string of the molecule is CC(C(=O)Nc1ccc(Cl)c(Cl)c1)N1CCN(C(=O)N(C)C)CC1. The van der Waals surface area contributed by atoms with Gasteiger partial charge in [0.1, 0.15) is 0 Å². The lowest BCUT2D eigenvalue weighted by Gasteiger charge is -2.38. The Morgan fingerprint density at radius 1 is 1.12 bits per heavy atom. The van der Waals surface area contributed by atoms with Crippen LogP contribution in [-0.4, -0.2) is 73.0 Å². The molecule has 1 atom stereocenters. The zero-order chi connectivity index (χ0) is 17.9. The summed E-state index contributed by atoms with van der Waals surface area (Å²) in [5.74, 6) is -0.110. The first kappa shape index (κ1) is 18.8. The highest BCUT2D eigenvalue weighted by atomic mass is 35.5. The molecule has 1 saturated heterocycles. The molecule has 24 heavy (non-hydrogen) atoms. The first-order valence-corrected chi connectivity index (χ1v) is 8.51. The molecule has 1 unspecified atom stereocenters. The second kappa shape index (κ2) is 8.05. The summed E-state index contributed by atoms with van der Waals surface area (Å²) in [6.07, 6.45) is 0. The van der Waals surface area contributed by atoms with Crippen LogP contribution in [0.2, 0.25) is 10.0 Å². The highest BCUT2D eigenvalue weighted by molar-refractivity contribution is 6.42. The molecule has 1 aliphatic heterocycles. The number of carbonyl (C=O) groups excluding carboxylic acids is 2. The van der Waals surface area contributed by atoms with E-state index in [0.29, 0.717) is 41.9 Å². The first-order chi connectivity index (χ1) is 11.3. The molecule has 3 amide bonds. The van der Waals surface area contributed by atoms with Crippen molar-refractivity contribution in [2.75, 3.05) is 45.6 Å². The summed E-state index contributed by atoms with van der Waals surface area (Å²) in [4.78, 5) is 29.8. The van der Waals surface area contributed by atoms with Crippen molar-refractivity contribution in [3.63, 3.8) is 0 Å². The van der Waals surface area contributed by atoms with Gasteiger partial charge in [-0.25, -0.2) is 4.79 Å². The molecule has 8 heteroatoms. The number of piperazine rings is 1. The van der Waals surface area contributed by atoms with Gasteiger partial charge < -0.3 is 15.1 Å². The molecule has 0 spiro atoms. The number of nitrogens with one attached hydrogen (secondary N) is 1. The number of urea groups is 1. The zero-order valence-corrected chi connectivity index (χ0v) is 15.6. The van der Waals surface area contributed by atoms with Gasteiger partial charge in [0.25, 0.3) is 0 Å². The number of nitrogens with zero attached hydrogens (tertiary/aromatic N) is 3. The average Bonchev–Trinajstić information content (AvgIpc) is 2.56. The van der Waals surface area contributed by atoms with Crippen molar-refractivity contribution >= 4 is 40.8 Å². The highest BCUT2D eigenvalue weighted by Gasteiger charge is 2.28. The van der Waals surface area contributed by atoms with Gasteiger partial charge in [-0.05, 0) is 25.1 Å². The standard InChI is InChI=1S/C16H22Cl2N4O2/c1-11(15(23)19-12-4-5-13(17)14(18)10-12)21-6-8-22(9-7-21)16(24)20(2)3/h4-5,10-11H,6-9H2,1-3H3,(H,19,23). The molecule has 0 radical (unpaired) electrons. The minimum Gasteiger partial charge on any atom is -0.331 e. The smallest absolute Gasteiger partial charge is 0.319 e. The van der Waals surface area contributed by atoms with Crippen molar-refractivity contribution in [1.82, 2.24) is 14.7 Å². The van der Waals surface area contributed by atoms with Crippen molar-refractivity contribution in [2.45, 2.75) is 13.0 Å². The van der Waals surface area contributed by atoms with Gasteiger partial charge in [-0.3, -0.25) is 9.69 Å². The van der Waals surface area contributed by atoms with Gasteiger partial charge in [-0.1, -0.05) is 23.2 Å². The highest BCUT2D eigenvalue weighted by Crippen LogP contribution is 2.25. The second-order valence-corrected chi connectivity index (χ2v) is 6.81. The van der Waals surface area contributed by atoms with Crippen molar-refractivity contribution in [1.29, 1.82) is 0 Å². The summed E-state index contributed by atoms with van der Waals surface area (Å²) in [7, 11) is 3.48. The minimum atomic E-state index is -0.295. The van der Waals surface area contributed by atoms with Gasteiger partial charge in [-0.15, -0.1) is 0 Å². The number of hydrogen-bond acceptors (Lipinski definition) is 3. The molecule has 1 aromatic rings. The van der Waals surface area contributed by atoms with Crippen LogP contribution in [0, 0.1) is 0 Å². The second-order valence-electron chi connectivity index (χ2n) is 5.99. The minimum absolute atomic E-state index is 0.00237. The normalized spacial score (nSPS) is 16.6. The largest absolute Gasteiger partial charge is 0.331 e. The zero-order valence-electron chi connectivity index (χ0n) is 14.1. The summed E-state index contributed by atoms with van der Waals surface area (Å²) >= 11 is 11.8. The molecule has 1 aromatic carbocycles. The summed E-state index contributed by atoms with van der Waals surface area (Å²) in [6, 6.07) is 4.70. The predicted octanol–water partition coefficient (Wildman–Crippen LogP) is 2.62. The Morgan fingerprint density at radius 2 is 1.75 bits per heavy atom. The summed E-state index contributed by atoms with van der Waals surface area (Å²) in [5, 5.41) is 3.70. The molecule has 1 fully saturated rings. The number of carbonyl (C=O) groups is 2. The van der Waals surface area contributed by atoms with Crippen LogP contribution in [0.1, 0.15) is 6.92 Å². The van der Waals surface area contributed by atoms with Crippen LogP contribution in [0.4, 0.5) is 10.5 Å². The van der Waals surface area contributed by atoms with Crippen LogP contribution in [0.5, 0.6) is 0 Å². The Bertz CT molecular complexity index is 616. The van der Waals surface area contributed by atoms with Gasteiger partial charge in [0.05, 0.1) is 16.1 Å². The van der Waals surface area contributed by atoms with E-state index in [4.69, 9.17) is 23.2 Å². The summed E-state index contributed by atoms with van der Waals surface area (Å²) < 4.78 is 0. The van der Waals surface area contributed by atoms with E-state index >= 15 is 0 Å². The van der Waals surface area contributed by atoms with Gasteiger partial charge in [0.2, 0.25) is 5.91 Å². The van der Waals surface area contributed by atoms with Crippen LogP contribution in [0.25, 0.3) is 0 Å². The summed E-state index contributed by atoms with van der Waals surface area (Å²) in [6.45, 7) is 4.41. The fourth-order valence-electron chi connectivity index (χ4n) is 2.57. The molecule has 0 saturated carbocycles. The van der Waals surface area contributed by atoms with Crippen LogP contribution in [0.3, 0.4) is 0 Å². The molecule has 0 aromatic heterocycles. The van der Waals surface area contributed by atoms with Gasteiger partial charge in [0.15, 0.2) is 0 Å². The molecule has 1 heterocycles. The molecule has 132 valence electrons. The quantitative estimate of drug-likeness (QED) is 0.886. The van der Waals surface area contributed by atoms with Crippen molar-refractivity contribution in [3.8, 4) is 0 Å². The molecule has 2 rings (SSSR count). The monoisotopic (exact) mass is 372 g/mol. The van der Waals surface area contributed by atoms with E-state index in [1.807, 2.05) is 6.92 Å². The van der Waals surface area contributed by atoms with E-state index in [1.165, 1.54) is 0 Å². The van der Waals surface area contributed by atoms with E-state index in [-0.39, 0.29) is 18.0 Å². The Kier molecular flexibility index (Phi) is 6.32. The van der Waals surface area contributed by atoms with E-state index in [0.717, 1.165) is 0 Å². The van der Waals surface area contributed by atoms with Crippen LogP contribution >= 0.6 is 23.2 Å². The number of hydrogen-bond donors (Lipinski definition) is 1. The molecule has 1 aliphatic rings. The first-order valence-electron chi connectivity index (χ1n) is 7.76. The number of anilines is 1. The van der Waals surface area contributed by atoms with Crippen molar-refractivity contribution < 1.29 is 9.59 Å². The van der Waals surface area contributed by atoms with Crippen LogP contribution < -0.4 is 5.32 Å². The van der Waals surface area contributed by atoms with Gasteiger partial charge in [-0.2, -0.15) is 0 Å². The predicted molar refractivity (Wildman–Crippen MR) is 96.8 cm³/mol. The van der Waals surface area contributed by atoms with Crippen molar-refractivity contribution in [2.24, 2.45) is 0 Å². The lowest BCUT2D eigenvalue weighted by atomic mass is 10.2. The molecule has 6 nitrogen and oxygen atoms in total. The van der Waals surface area contributed by atoms with Crippen LogP contribution in [0.15, 0.2) is 18.2 Å². The Morgan fingerprint density at radius 3 is 2.29 bits per heavy atom. The number of rotatable bonds is 3. The van der Waals surface area contributed by atoms with E-state index in [1.54, 1.807) is 42.1 Å². The fraction of sp³-hybridized carbons (Fsp3) is 0.500. The third kappa shape index (κ3) is 4.53. The number of amides is 3. The Balaban J connectivity index is 1.90.